The SMILES string of the molecule is CC1(C)c2cc3ccccc3cc2-c2c(-c3cc(-c4ccc5cc(-c6ccccc6)ccc5c4)nc(-c4ccccc4)n3)cccc21. The molecule has 7 aromatic carbocycles. The molecule has 47 heavy (non-hydrogen) atoms. The van der Waals surface area contributed by atoms with E-state index in [-0.39, 0.29) is 5.41 Å². The van der Waals surface area contributed by atoms with E-state index in [9.17, 15) is 0 Å². The van der Waals surface area contributed by atoms with Crippen LogP contribution in [0, 0.1) is 0 Å². The number of nitrogens with zero attached hydrogens (tertiary/aromatic N) is 2. The van der Waals surface area contributed by atoms with Crippen LogP contribution in [-0.4, -0.2) is 9.97 Å². The zero-order chi connectivity index (χ0) is 31.5. The molecule has 2 heteroatoms. The van der Waals surface area contributed by atoms with Crippen molar-refractivity contribution in [2.45, 2.75) is 19.3 Å². The van der Waals surface area contributed by atoms with Gasteiger partial charge in [0.15, 0.2) is 5.82 Å². The van der Waals surface area contributed by atoms with Crippen LogP contribution in [0.4, 0.5) is 0 Å². The van der Waals surface area contributed by atoms with Gasteiger partial charge in [0.1, 0.15) is 0 Å². The van der Waals surface area contributed by atoms with Gasteiger partial charge in [-0.2, -0.15) is 0 Å². The van der Waals surface area contributed by atoms with Gasteiger partial charge in [0, 0.05) is 22.1 Å². The summed E-state index contributed by atoms with van der Waals surface area (Å²) in [6, 6.07) is 56.5. The van der Waals surface area contributed by atoms with Crippen molar-refractivity contribution in [2.24, 2.45) is 0 Å². The Balaban J connectivity index is 1.23. The highest BCUT2D eigenvalue weighted by Gasteiger charge is 2.37. The van der Waals surface area contributed by atoms with Gasteiger partial charge in [0.05, 0.1) is 11.4 Å². The Hall–Kier alpha value is -5.86. The quantitative estimate of drug-likeness (QED) is 0.201. The van der Waals surface area contributed by atoms with Gasteiger partial charge in [-0.15, -0.1) is 0 Å². The highest BCUT2D eigenvalue weighted by atomic mass is 14.9. The third-order valence-corrected chi connectivity index (χ3v) is 9.84. The molecule has 1 heterocycles. The van der Waals surface area contributed by atoms with Crippen molar-refractivity contribution in [3.8, 4) is 56.2 Å². The van der Waals surface area contributed by atoms with Crippen LogP contribution in [0.5, 0.6) is 0 Å². The lowest BCUT2D eigenvalue weighted by molar-refractivity contribution is 0.661. The van der Waals surface area contributed by atoms with Crippen molar-refractivity contribution in [2.75, 3.05) is 0 Å². The lowest BCUT2D eigenvalue weighted by Crippen LogP contribution is -2.14. The minimum Gasteiger partial charge on any atom is -0.228 e. The van der Waals surface area contributed by atoms with Crippen molar-refractivity contribution >= 4 is 21.5 Å². The summed E-state index contributed by atoms with van der Waals surface area (Å²) in [6.45, 7) is 4.69. The average Bonchev–Trinajstić information content (AvgIpc) is 3.36. The maximum absolute atomic E-state index is 5.26. The molecular weight excluding hydrogens is 569 g/mol. The molecule has 0 atom stereocenters. The van der Waals surface area contributed by atoms with Gasteiger partial charge < -0.3 is 0 Å². The van der Waals surface area contributed by atoms with Crippen LogP contribution >= 0.6 is 0 Å². The highest BCUT2D eigenvalue weighted by Crippen LogP contribution is 2.53. The average molecular weight is 601 g/mol. The number of benzene rings is 7. The van der Waals surface area contributed by atoms with Crippen molar-refractivity contribution in [3.63, 3.8) is 0 Å². The first-order valence-electron chi connectivity index (χ1n) is 16.2. The molecule has 0 saturated heterocycles. The third-order valence-electron chi connectivity index (χ3n) is 9.84. The first kappa shape index (κ1) is 27.5. The van der Waals surface area contributed by atoms with Gasteiger partial charge in [-0.1, -0.05) is 141 Å². The number of fused-ring (bicyclic) bond motifs is 5. The van der Waals surface area contributed by atoms with Gasteiger partial charge >= 0.3 is 0 Å². The van der Waals surface area contributed by atoms with E-state index in [0.717, 1.165) is 33.9 Å². The summed E-state index contributed by atoms with van der Waals surface area (Å²) in [6.07, 6.45) is 0. The summed E-state index contributed by atoms with van der Waals surface area (Å²) < 4.78 is 0. The first-order chi connectivity index (χ1) is 23.0. The molecule has 0 fully saturated rings. The number of rotatable bonds is 4. The molecule has 0 radical (unpaired) electrons. The second-order valence-corrected chi connectivity index (χ2v) is 13.1. The minimum absolute atomic E-state index is 0.125. The molecule has 1 aliphatic carbocycles. The molecule has 0 saturated carbocycles. The van der Waals surface area contributed by atoms with Crippen LogP contribution in [0.2, 0.25) is 0 Å². The molecule has 222 valence electrons. The maximum Gasteiger partial charge on any atom is 0.160 e. The van der Waals surface area contributed by atoms with Crippen molar-refractivity contribution in [3.05, 3.63) is 169 Å². The molecule has 0 unspecified atom stereocenters. The van der Waals surface area contributed by atoms with Gasteiger partial charge in [-0.3, -0.25) is 0 Å². The highest BCUT2D eigenvalue weighted by molar-refractivity contribution is 5.99. The summed E-state index contributed by atoms with van der Waals surface area (Å²) in [4.78, 5) is 10.4. The molecule has 1 aliphatic rings. The number of hydrogen-bond donors (Lipinski definition) is 0. The van der Waals surface area contributed by atoms with E-state index in [4.69, 9.17) is 9.97 Å². The van der Waals surface area contributed by atoms with E-state index in [2.05, 4.69) is 166 Å². The fraction of sp³-hybridized carbons (Fsp3) is 0.0667. The molecule has 2 nitrogen and oxygen atoms in total. The lowest BCUT2D eigenvalue weighted by atomic mass is 9.81. The summed E-state index contributed by atoms with van der Waals surface area (Å²) >= 11 is 0. The zero-order valence-electron chi connectivity index (χ0n) is 26.4. The third kappa shape index (κ3) is 4.56. The molecule has 1 aromatic heterocycles. The van der Waals surface area contributed by atoms with Gasteiger partial charge in [0.2, 0.25) is 0 Å². The molecule has 0 spiro atoms. The topological polar surface area (TPSA) is 25.8 Å². The summed E-state index contributed by atoms with van der Waals surface area (Å²) in [7, 11) is 0. The van der Waals surface area contributed by atoms with Crippen molar-refractivity contribution in [1.82, 2.24) is 9.97 Å². The van der Waals surface area contributed by atoms with E-state index in [1.54, 1.807) is 0 Å². The van der Waals surface area contributed by atoms with Crippen LogP contribution in [0.3, 0.4) is 0 Å². The molecule has 8 aromatic rings. The van der Waals surface area contributed by atoms with E-state index in [1.165, 1.54) is 54.9 Å². The normalized spacial score (nSPS) is 13.1. The van der Waals surface area contributed by atoms with E-state index < -0.39 is 0 Å². The predicted octanol–water partition coefficient (Wildman–Crippen LogP) is 11.8. The zero-order valence-corrected chi connectivity index (χ0v) is 26.4. The maximum atomic E-state index is 5.26. The summed E-state index contributed by atoms with van der Waals surface area (Å²) in [5, 5.41) is 4.92. The monoisotopic (exact) mass is 600 g/mol. The molecular formula is C45H32N2. The standard InChI is InChI=1S/C45H32N2/c1-45(2)39-19-11-18-37(43(39)38-26-31-16-9-10-17-32(31)27-40(38)45)42-28-41(46-44(47-42)30-14-7-4-8-15-30)36-23-22-34-24-33(20-21-35(34)25-36)29-12-5-3-6-13-29/h3-28H,1-2H3. The van der Waals surface area contributed by atoms with Crippen LogP contribution in [0.15, 0.2) is 158 Å². The Morgan fingerprint density at radius 3 is 1.72 bits per heavy atom. The summed E-state index contributed by atoms with van der Waals surface area (Å²) in [5.41, 5.74) is 12.6. The summed E-state index contributed by atoms with van der Waals surface area (Å²) in [5.74, 6) is 0.728. The Bertz CT molecular complexity index is 2480. The molecule has 0 N–H and O–H groups in total. The van der Waals surface area contributed by atoms with Crippen LogP contribution in [0.25, 0.3) is 77.7 Å². The van der Waals surface area contributed by atoms with Crippen LogP contribution in [0.1, 0.15) is 25.0 Å². The second-order valence-electron chi connectivity index (χ2n) is 13.1. The fourth-order valence-electron chi connectivity index (χ4n) is 7.35. The Morgan fingerprint density at radius 2 is 0.979 bits per heavy atom. The van der Waals surface area contributed by atoms with E-state index in [0.29, 0.717) is 0 Å². The minimum atomic E-state index is -0.125. The number of hydrogen-bond acceptors (Lipinski definition) is 2. The van der Waals surface area contributed by atoms with Gasteiger partial charge in [-0.05, 0) is 85.3 Å². The second kappa shape index (κ2) is 10.6. The largest absolute Gasteiger partial charge is 0.228 e. The molecule has 0 aliphatic heterocycles. The van der Waals surface area contributed by atoms with Crippen LogP contribution in [-0.2, 0) is 5.41 Å². The van der Waals surface area contributed by atoms with E-state index >= 15 is 0 Å². The predicted molar refractivity (Wildman–Crippen MR) is 196 cm³/mol. The van der Waals surface area contributed by atoms with Crippen LogP contribution < -0.4 is 0 Å². The molecule has 9 rings (SSSR count). The van der Waals surface area contributed by atoms with Gasteiger partial charge in [0.25, 0.3) is 0 Å². The Kier molecular flexibility index (Phi) is 6.20. The number of aromatic nitrogens is 2. The lowest BCUT2D eigenvalue weighted by Gasteiger charge is -2.22. The van der Waals surface area contributed by atoms with E-state index in [1.807, 2.05) is 6.07 Å². The fourth-order valence-corrected chi connectivity index (χ4v) is 7.35. The first-order valence-corrected chi connectivity index (χ1v) is 16.2. The molecule has 0 bridgehead atoms. The Labute approximate surface area is 275 Å². The van der Waals surface area contributed by atoms with Crippen molar-refractivity contribution in [1.29, 1.82) is 0 Å². The van der Waals surface area contributed by atoms with Gasteiger partial charge in [-0.25, -0.2) is 9.97 Å². The Morgan fingerprint density at radius 1 is 0.383 bits per heavy atom. The molecule has 0 amide bonds. The smallest absolute Gasteiger partial charge is 0.160 e. The van der Waals surface area contributed by atoms with Crippen molar-refractivity contribution < 1.29 is 0 Å².